The summed E-state index contributed by atoms with van der Waals surface area (Å²) in [4.78, 5) is 31.8. The summed E-state index contributed by atoms with van der Waals surface area (Å²) in [5.74, 6) is -0.662. The van der Waals surface area contributed by atoms with Gasteiger partial charge in [0.15, 0.2) is 0 Å². The molecule has 0 radical (unpaired) electrons. The maximum Gasteiger partial charge on any atom is 0.337 e. The summed E-state index contributed by atoms with van der Waals surface area (Å²) in [5, 5.41) is 11.8. The predicted octanol–water partition coefficient (Wildman–Crippen LogP) is 0.764. The minimum Gasteiger partial charge on any atom is -0.478 e. The summed E-state index contributed by atoms with van der Waals surface area (Å²) in [6, 6.07) is 7.34. The van der Waals surface area contributed by atoms with E-state index in [9.17, 15) is 9.59 Å². The van der Waals surface area contributed by atoms with Gasteiger partial charge in [0.2, 0.25) is 5.91 Å². The fraction of sp³-hybridized carbons (Fsp3) is 0.200. The van der Waals surface area contributed by atoms with Crippen molar-refractivity contribution in [3.05, 3.63) is 53.0 Å². The zero-order valence-corrected chi connectivity index (χ0v) is 10.8. The number of hydrogen-bond acceptors (Lipinski definition) is 4. The third kappa shape index (κ3) is 1.48. The number of carboxylic acid groups (broad SMARTS) is 1. The molecule has 0 bridgehead atoms. The molecule has 0 saturated heterocycles. The first-order chi connectivity index (χ1) is 10.1. The number of fused-ring (bicyclic) bond motifs is 3. The van der Waals surface area contributed by atoms with Crippen molar-refractivity contribution in [2.24, 2.45) is 0 Å². The maximum absolute atomic E-state index is 12.4. The van der Waals surface area contributed by atoms with Crippen molar-refractivity contribution in [1.29, 1.82) is 0 Å². The zero-order valence-electron chi connectivity index (χ0n) is 10.8. The van der Waals surface area contributed by atoms with Gasteiger partial charge in [0, 0.05) is 18.3 Å². The highest BCUT2D eigenvalue weighted by molar-refractivity contribution is 6.06. The Kier molecular flexibility index (Phi) is 2.14. The van der Waals surface area contributed by atoms with Crippen LogP contribution in [0.25, 0.3) is 0 Å². The van der Waals surface area contributed by atoms with Crippen LogP contribution in [0.4, 0.5) is 5.82 Å². The van der Waals surface area contributed by atoms with E-state index in [1.54, 1.807) is 6.07 Å². The topological polar surface area (TPSA) is 92.2 Å². The monoisotopic (exact) mass is 279 g/mol. The highest BCUT2D eigenvalue weighted by Gasteiger charge is 2.52. The molecule has 1 spiro atoms. The van der Waals surface area contributed by atoms with Crippen LogP contribution in [0.5, 0.6) is 0 Å². The van der Waals surface area contributed by atoms with Gasteiger partial charge >= 0.3 is 5.97 Å². The Morgan fingerprint density at radius 1 is 1.38 bits per heavy atom. The number of carbonyl (C=O) groups is 2. The Balaban J connectivity index is 1.83. The van der Waals surface area contributed by atoms with Crippen LogP contribution in [0.3, 0.4) is 0 Å². The first-order valence-electron chi connectivity index (χ1n) is 6.41. The average molecular weight is 279 g/mol. The molecule has 0 aromatic carbocycles. The molecular weight excluding hydrogens is 270 g/mol. The van der Waals surface area contributed by atoms with Crippen molar-refractivity contribution in [3.63, 3.8) is 0 Å². The van der Waals surface area contributed by atoms with Crippen LogP contribution in [-0.2, 0) is 23.1 Å². The Hall–Kier alpha value is -2.94. The van der Waals surface area contributed by atoms with E-state index in [0.29, 0.717) is 24.2 Å². The van der Waals surface area contributed by atoms with Crippen molar-refractivity contribution in [2.75, 3.05) is 5.32 Å². The van der Waals surface area contributed by atoms with Gasteiger partial charge in [0.1, 0.15) is 5.82 Å². The van der Waals surface area contributed by atoms with Crippen LogP contribution in [0.2, 0.25) is 0 Å². The Bertz CT molecular complexity index is 803. The van der Waals surface area contributed by atoms with E-state index in [0.717, 1.165) is 11.3 Å². The number of carboxylic acids is 1. The van der Waals surface area contributed by atoms with Gasteiger partial charge in [-0.3, -0.25) is 9.78 Å². The standard InChI is InChI=1S/C15H9N3O3/c19-13(20)9-4-8-5-15(6-11(8)17-7-9)10-2-1-3-16-12(10)18-14(15)21/h3-4,7H,5-6H2,(H,19,20)(H,16,18,21)/t15-/m0/s1. The molecule has 6 nitrogen and oxygen atoms in total. The van der Waals surface area contributed by atoms with Crippen molar-refractivity contribution in [1.82, 2.24) is 9.97 Å². The lowest BCUT2D eigenvalue weighted by Crippen LogP contribution is -2.35. The smallest absolute Gasteiger partial charge is 0.337 e. The third-order valence-electron chi connectivity index (χ3n) is 4.11. The van der Waals surface area contributed by atoms with Crippen molar-refractivity contribution < 1.29 is 14.7 Å². The quantitative estimate of drug-likeness (QED) is 0.804. The van der Waals surface area contributed by atoms with Gasteiger partial charge in [-0.15, -0.1) is 0 Å². The molecule has 1 atom stereocenters. The van der Waals surface area contributed by atoms with E-state index >= 15 is 0 Å². The lowest BCUT2D eigenvalue weighted by molar-refractivity contribution is -0.120. The zero-order chi connectivity index (χ0) is 14.6. The van der Waals surface area contributed by atoms with Gasteiger partial charge in [-0.05, 0) is 24.1 Å². The fourth-order valence-corrected chi connectivity index (χ4v) is 3.09. The summed E-state index contributed by atoms with van der Waals surface area (Å²) < 4.78 is 0. The van der Waals surface area contributed by atoms with Gasteiger partial charge in [0.05, 0.1) is 22.7 Å². The van der Waals surface area contributed by atoms with Crippen LogP contribution in [0.1, 0.15) is 27.2 Å². The van der Waals surface area contributed by atoms with Gasteiger partial charge < -0.3 is 10.4 Å². The molecule has 0 saturated carbocycles. The summed E-state index contributed by atoms with van der Waals surface area (Å²) in [6.07, 6.45) is 3.62. The molecule has 1 amide bonds. The van der Waals surface area contributed by atoms with Crippen LogP contribution < -0.4 is 5.32 Å². The van der Waals surface area contributed by atoms with E-state index in [1.807, 2.05) is 0 Å². The number of aromatic nitrogens is 2. The number of rotatable bonds is 1. The first-order valence-corrected chi connectivity index (χ1v) is 6.41. The Morgan fingerprint density at radius 3 is 3.05 bits per heavy atom. The molecule has 1 aliphatic heterocycles. The van der Waals surface area contributed by atoms with Gasteiger partial charge in [-0.2, -0.15) is 0 Å². The number of amides is 1. The molecule has 2 aliphatic rings. The van der Waals surface area contributed by atoms with Crippen molar-refractivity contribution in [2.45, 2.75) is 18.3 Å². The number of pyridine rings is 1. The number of nitrogens with zero attached hydrogens (tertiary/aromatic N) is 2. The second kappa shape index (κ2) is 3.79. The molecule has 2 aromatic rings. The molecule has 0 unspecified atom stereocenters. The molecule has 102 valence electrons. The summed E-state index contributed by atoms with van der Waals surface area (Å²) >= 11 is 0. The largest absolute Gasteiger partial charge is 0.478 e. The van der Waals surface area contributed by atoms with E-state index < -0.39 is 11.4 Å². The van der Waals surface area contributed by atoms with Crippen LogP contribution in [0, 0.1) is 12.1 Å². The van der Waals surface area contributed by atoms with Crippen molar-refractivity contribution in [3.8, 4) is 0 Å². The average Bonchev–Trinajstić information content (AvgIpc) is 2.98. The van der Waals surface area contributed by atoms with Gasteiger partial charge in [0.25, 0.3) is 0 Å². The highest BCUT2D eigenvalue weighted by atomic mass is 16.4. The van der Waals surface area contributed by atoms with E-state index in [4.69, 9.17) is 5.11 Å². The fourth-order valence-electron chi connectivity index (χ4n) is 3.09. The number of carbonyl (C=O) groups excluding carboxylic acids is 1. The number of aromatic carboxylic acids is 1. The van der Waals surface area contributed by atoms with E-state index in [2.05, 4.69) is 27.4 Å². The minimum absolute atomic E-state index is 0.131. The third-order valence-corrected chi connectivity index (χ3v) is 4.11. The second-order valence-electron chi connectivity index (χ2n) is 5.28. The SMILES string of the molecule is O=C(O)c1cnc2c(c1)C[C@@]1(C2)C(=O)Nc2ncc#cc21. The lowest BCUT2D eigenvalue weighted by Gasteiger charge is -2.18. The van der Waals surface area contributed by atoms with Crippen molar-refractivity contribution >= 4 is 17.7 Å². The predicted molar refractivity (Wildman–Crippen MR) is 70.8 cm³/mol. The second-order valence-corrected chi connectivity index (χ2v) is 5.28. The number of anilines is 1. The van der Waals surface area contributed by atoms with Gasteiger partial charge in [-0.25, -0.2) is 9.78 Å². The molecule has 6 heteroatoms. The Morgan fingerprint density at radius 2 is 2.24 bits per heavy atom. The highest BCUT2D eigenvalue weighted by Crippen LogP contribution is 2.45. The molecular formula is C15H9N3O3. The molecule has 3 heterocycles. The molecule has 4 rings (SSSR count). The molecule has 1 aliphatic carbocycles. The molecule has 0 fully saturated rings. The summed E-state index contributed by atoms with van der Waals surface area (Å²) in [6.45, 7) is 0. The lowest BCUT2D eigenvalue weighted by atomic mass is 9.80. The number of nitrogens with one attached hydrogen (secondary N) is 1. The van der Waals surface area contributed by atoms with Crippen LogP contribution >= 0.6 is 0 Å². The number of hydrogen-bond donors (Lipinski definition) is 2. The summed E-state index contributed by atoms with van der Waals surface area (Å²) in [7, 11) is 0. The van der Waals surface area contributed by atoms with E-state index in [-0.39, 0.29) is 11.5 Å². The minimum atomic E-state index is -1.02. The first kappa shape index (κ1) is 11.9. The van der Waals surface area contributed by atoms with E-state index in [1.165, 1.54) is 12.4 Å². The maximum atomic E-state index is 12.4. The van der Waals surface area contributed by atoms with Crippen LogP contribution in [0.15, 0.2) is 18.5 Å². The van der Waals surface area contributed by atoms with Gasteiger partial charge in [-0.1, -0.05) is 6.07 Å². The molecule has 2 N–H and O–H groups in total. The summed E-state index contributed by atoms with van der Waals surface area (Å²) in [5.41, 5.74) is 1.57. The normalized spacial score (nSPS) is 21.6. The molecule has 21 heavy (non-hydrogen) atoms. The molecule has 2 aromatic heterocycles. The Labute approximate surface area is 119 Å². The van der Waals surface area contributed by atoms with Crippen LogP contribution in [-0.4, -0.2) is 27.0 Å².